The Morgan fingerprint density at radius 3 is 2.50 bits per heavy atom. The number of benzene rings is 1. The van der Waals surface area contributed by atoms with Crippen LogP contribution in [0.4, 0.5) is 10.5 Å². The number of hydrogen-bond donors (Lipinski definition) is 1. The van der Waals surface area contributed by atoms with Crippen LogP contribution < -0.4 is 5.32 Å². The molecule has 1 atom stereocenters. The van der Waals surface area contributed by atoms with Crippen LogP contribution in [-0.4, -0.2) is 47.0 Å². The van der Waals surface area contributed by atoms with E-state index in [1.54, 1.807) is 33.8 Å². The van der Waals surface area contributed by atoms with Crippen LogP contribution in [0.25, 0.3) is 0 Å². The minimum atomic E-state index is -1.09. The number of nitrogens with one attached hydrogen (secondary N) is 1. The number of nitro groups is 1. The van der Waals surface area contributed by atoms with Crippen molar-refractivity contribution in [3.63, 3.8) is 0 Å². The minimum Gasteiger partial charge on any atom is -0.466 e. The molecule has 0 fully saturated rings. The fourth-order valence-corrected chi connectivity index (χ4v) is 3.90. The molecule has 0 radical (unpaired) electrons. The number of rotatable bonds is 3. The number of esters is 1. The zero-order valence-corrected chi connectivity index (χ0v) is 18.6. The summed E-state index contributed by atoms with van der Waals surface area (Å²) in [6.45, 7) is 6.77. The number of dihydropyridines is 1. The molecule has 2 aliphatic rings. The summed E-state index contributed by atoms with van der Waals surface area (Å²) in [5.74, 6) is -2.49. The molecule has 10 heteroatoms. The SMILES string of the molecule is COC(=O)C1=C(C)NC2=C(C(=O)N(C(=O)OC(C)(C)C)CC2)C1c1ccccc1[N+](=O)[O-]. The Labute approximate surface area is 185 Å². The first-order valence-corrected chi connectivity index (χ1v) is 10.0. The number of ether oxygens (including phenoxy) is 2. The van der Waals surface area contributed by atoms with Crippen LogP contribution in [0.5, 0.6) is 0 Å². The van der Waals surface area contributed by atoms with Gasteiger partial charge in [0.05, 0.1) is 23.5 Å². The van der Waals surface area contributed by atoms with E-state index in [0.717, 1.165) is 4.90 Å². The van der Waals surface area contributed by atoms with E-state index < -0.39 is 34.4 Å². The third-order valence-corrected chi connectivity index (χ3v) is 5.17. The molecule has 1 aromatic rings. The maximum atomic E-state index is 13.5. The highest BCUT2D eigenvalue weighted by atomic mass is 16.6. The summed E-state index contributed by atoms with van der Waals surface area (Å²) < 4.78 is 10.3. The number of nitro benzene ring substituents is 1. The lowest BCUT2D eigenvalue weighted by Crippen LogP contribution is -2.48. The molecule has 0 saturated carbocycles. The van der Waals surface area contributed by atoms with Crippen molar-refractivity contribution in [1.29, 1.82) is 0 Å². The zero-order chi connectivity index (χ0) is 23.8. The second-order valence-corrected chi connectivity index (χ2v) is 8.48. The van der Waals surface area contributed by atoms with Gasteiger partial charge in [0, 0.05) is 41.6 Å². The average Bonchev–Trinajstić information content (AvgIpc) is 2.71. The third kappa shape index (κ3) is 4.20. The lowest BCUT2D eigenvalue weighted by Gasteiger charge is -2.37. The van der Waals surface area contributed by atoms with E-state index in [0.29, 0.717) is 11.4 Å². The smallest absolute Gasteiger partial charge is 0.417 e. The van der Waals surface area contributed by atoms with Gasteiger partial charge in [-0.2, -0.15) is 0 Å². The molecule has 0 saturated heterocycles. The van der Waals surface area contributed by atoms with Crippen molar-refractivity contribution in [2.24, 2.45) is 0 Å². The largest absolute Gasteiger partial charge is 0.466 e. The number of amides is 2. The number of nitrogens with zero attached hydrogens (tertiary/aromatic N) is 2. The van der Waals surface area contributed by atoms with Crippen molar-refractivity contribution in [2.45, 2.75) is 45.6 Å². The highest BCUT2D eigenvalue weighted by molar-refractivity contribution is 6.08. The number of carbonyl (C=O) groups is 3. The van der Waals surface area contributed by atoms with Gasteiger partial charge in [0.25, 0.3) is 11.6 Å². The number of imide groups is 1. The van der Waals surface area contributed by atoms with E-state index >= 15 is 0 Å². The number of methoxy groups -OCH3 is 1. The normalized spacial score (nSPS) is 18.7. The number of para-hydroxylation sites is 1. The molecule has 2 heterocycles. The second kappa shape index (κ2) is 8.45. The van der Waals surface area contributed by atoms with E-state index in [9.17, 15) is 24.5 Å². The molecular weight excluding hydrogens is 418 g/mol. The summed E-state index contributed by atoms with van der Waals surface area (Å²) in [6, 6.07) is 5.89. The molecule has 0 aromatic heterocycles. The molecule has 0 spiro atoms. The summed E-state index contributed by atoms with van der Waals surface area (Å²) in [5, 5.41) is 14.8. The van der Waals surface area contributed by atoms with Gasteiger partial charge in [-0.15, -0.1) is 0 Å². The van der Waals surface area contributed by atoms with Gasteiger partial charge < -0.3 is 14.8 Å². The quantitative estimate of drug-likeness (QED) is 0.429. The monoisotopic (exact) mass is 443 g/mol. The highest BCUT2D eigenvalue weighted by Gasteiger charge is 2.45. The van der Waals surface area contributed by atoms with Gasteiger partial charge >= 0.3 is 12.1 Å². The lowest BCUT2D eigenvalue weighted by atomic mass is 9.77. The Bertz CT molecular complexity index is 1070. The van der Waals surface area contributed by atoms with Gasteiger partial charge in [-0.3, -0.25) is 14.9 Å². The summed E-state index contributed by atoms with van der Waals surface area (Å²) in [6.07, 6.45) is -0.537. The topological polar surface area (TPSA) is 128 Å². The fraction of sp³-hybridized carbons (Fsp3) is 0.409. The Kier molecular flexibility index (Phi) is 6.07. The predicted molar refractivity (Wildman–Crippen MR) is 113 cm³/mol. The Hall–Kier alpha value is -3.69. The van der Waals surface area contributed by atoms with Crippen molar-refractivity contribution in [3.05, 3.63) is 62.5 Å². The van der Waals surface area contributed by atoms with Crippen LogP contribution in [0.1, 0.15) is 45.6 Å². The minimum absolute atomic E-state index is 0.0694. The molecule has 0 bridgehead atoms. The Morgan fingerprint density at radius 2 is 1.91 bits per heavy atom. The Morgan fingerprint density at radius 1 is 1.25 bits per heavy atom. The first-order valence-electron chi connectivity index (χ1n) is 10.0. The standard InChI is InChI=1S/C22H25N3O7/c1-12-16(20(27)31-5)17(13-8-6-7-9-15(13)25(29)30)18-14(23-12)10-11-24(19(18)26)21(28)32-22(2,3)4/h6-9,17,23H,10-11H2,1-5H3. The van der Waals surface area contributed by atoms with E-state index in [1.165, 1.54) is 25.3 Å². The maximum Gasteiger partial charge on any atom is 0.417 e. The predicted octanol–water partition coefficient (Wildman–Crippen LogP) is 3.15. The first kappa shape index (κ1) is 23.0. The van der Waals surface area contributed by atoms with Crippen LogP contribution in [0, 0.1) is 10.1 Å². The van der Waals surface area contributed by atoms with Crippen LogP contribution in [0.15, 0.2) is 46.8 Å². The molecule has 10 nitrogen and oxygen atoms in total. The van der Waals surface area contributed by atoms with E-state index in [-0.39, 0.29) is 35.4 Å². The number of allylic oxidation sites excluding steroid dienone is 1. The van der Waals surface area contributed by atoms with Crippen molar-refractivity contribution in [1.82, 2.24) is 10.2 Å². The van der Waals surface area contributed by atoms with Gasteiger partial charge in [-0.25, -0.2) is 14.5 Å². The van der Waals surface area contributed by atoms with Gasteiger partial charge in [-0.1, -0.05) is 18.2 Å². The van der Waals surface area contributed by atoms with Crippen molar-refractivity contribution in [3.8, 4) is 0 Å². The summed E-state index contributed by atoms with van der Waals surface area (Å²) in [5.41, 5.74) is 0.179. The zero-order valence-electron chi connectivity index (χ0n) is 18.6. The molecule has 1 aromatic carbocycles. The van der Waals surface area contributed by atoms with Gasteiger partial charge in [0.2, 0.25) is 0 Å². The molecular formula is C22H25N3O7. The van der Waals surface area contributed by atoms with Crippen LogP contribution >= 0.6 is 0 Å². The molecule has 170 valence electrons. The summed E-state index contributed by atoms with van der Waals surface area (Å²) in [4.78, 5) is 51.0. The molecule has 1 N–H and O–H groups in total. The lowest BCUT2D eigenvalue weighted by molar-refractivity contribution is -0.385. The number of carbonyl (C=O) groups excluding carboxylic acids is 3. The summed E-state index contributed by atoms with van der Waals surface area (Å²) >= 11 is 0. The van der Waals surface area contributed by atoms with E-state index in [4.69, 9.17) is 9.47 Å². The van der Waals surface area contributed by atoms with E-state index in [2.05, 4.69) is 5.32 Å². The van der Waals surface area contributed by atoms with Gasteiger partial charge in [0.15, 0.2) is 0 Å². The number of hydrogen-bond acceptors (Lipinski definition) is 8. The molecule has 0 aliphatic carbocycles. The summed E-state index contributed by atoms with van der Waals surface area (Å²) in [7, 11) is 1.19. The van der Waals surface area contributed by atoms with Crippen molar-refractivity contribution in [2.75, 3.05) is 13.7 Å². The fourth-order valence-electron chi connectivity index (χ4n) is 3.90. The average molecular weight is 443 g/mol. The highest BCUT2D eigenvalue weighted by Crippen LogP contribution is 2.44. The van der Waals surface area contributed by atoms with Gasteiger partial charge in [-0.05, 0) is 27.7 Å². The van der Waals surface area contributed by atoms with Gasteiger partial charge in [0.1, 0.15) is 5.60 Å². The second-order valence-electron chi connectivity index (χ2n) is 8.48. The third-order valence-electron chi connectivity index (χ3n) is 5.17. The molecule has 3 rings (SSSR count). The molecule has 32 heavy (non-hydrogen) atoms. The molecule has 1 unspecified atom stereocenters. The Balaban J connectivity index is 2.18. The molecule has 2 amide bonds. The van der Waals surface area contributed by atoms with Crippen LogP contribution in [-0.2, 0) is 19.1 Å². The molecule has 2 aliphatic heterocycles. The van der Waals surface area contributed by atoms with Crippen molar-refractivity contribution >= 4 is 23.7 Å². The first-order chi connectivity index (χ1) is 15.0. The van der Waals surface area contributed by atoms with E-state index in [1.807, 2.05) is 0 Å². The van der Waals surface area contributed by atoms with Crippen LogP contribution in [0.2, 0.25) is 0 Å². The van der Waals surface area contributed by atoms with Crippen molar-refractivity contribution < 1.29 is 28.8 Å². The van der Waals surface area contributed by atoms with Crippen LogP contribution in [0.3, 0.4) is 0 Å². The maximum absolute atomic E-state index is 13.5.